The van der Waals surface area contributed by atoms with Gasteiger partial charge in [-0.25, -0.2) is 9.97 Å². The van der Waals surface area contributed by atoms with Gasteiger partial charge >= 0.3 is 0 Å². The van der Waals surface area contributed by atoms with E-state index in [0.717, 1.165) is 84.8 Å². The standard InChI is InChI=1S/C27H29N7O/c1-35-26-13-19-4-5-29-14-22(19)12-25(26)33-27-31-16-20-3-2-18(11-24(20)32-27)21-10-23(17-30-15-21)34-8-6-28-7-9-34/h2-3,10-13,15-17,28-29H,4-9,14H2,1H3,(H,31,32,33). The van der Waals surface area contributed by atoms with Crippen LogP contribution in [0.5, 0.6) is 5.75 Å². The van der Waals surface area contributed by atoms with Gasteiger partial charge in [-0.05, 0) is 53.9 Å². The Morgan fingerprint density at radius 1 is 0.914 bits per heavy atom. The number of hydrogen-bond acceptors (Lipinski definition) is 8. The van der Waals surface area contributed by atoms with Gasteiger partial charge in [0, 0.05) is 56.1 Å². The highest BCUT2D eigenvalue weighted by Gasteiger charge is 2.15. The molecule has 35 heavy (non-hydrogen) atoms. The molecule has 2 aliphatic heterocycles. The molecule has 178 valence electrons. The van der Waals surface area contributed by atoms with Crippen LogP contribution in [-0.2, 0) is 13.0 Å². The van der Waals surface area contributed by atoms with Crippen LogP contribution in [0.2, 0.25) is 0 Å². The average molecular weight is 468 g/mol. The van der Waals surface area contributed by atoms with Crippen LogP contribution in [0.15, 0.2) is 55.0 Å². The Balaban J connectivity index is 1.30. The summed E-state index contributed by atoms with van der Waals surface area (Å²) in [6, 6.07) is 12.8. The number of ether oxygens (including phenoxy) is 1. The van der Waals surface area contributed by atoms with E-state index in [-0.39, 0.29) is 0 Å². The van der Waals surface area contributed by atoms with E-state index < -0.39 is 0 Å². The van der Waals surface area contributed by atoms with Crippen molar-refractivity contribution < 1.29 is 4.74 Å². The molecule has 0 aliphatic carbocycles. The zero-order valence-electron chi connectivity index (χ0n) is 19.8. The van der Waals surface area contributed by atoms with E-state index in [1.54, 1.807) is 7.11 Å². The van der Waals surface area contributed by atoms with Gasteiger partial charge in [-0.1, -0.05) is 12.1 Å². The predicted octanol–water partition coefficient (Wildman–Crippen LogP) is 3.50. The number of benzene rings is 2. The van der Waals surface area contributed by atoms with E-state index >= 15 is 0 Å². The lowest BCUT2D eigenvalue weighted by atomic mass is 10.00. The molecule has 0 atom stereocenters. The topological polar surface area (TPSA) is 87.2 Å². The maximum atomic E-state index is 5.66. The van der Waals surface area contributed by atoms with Crippen molar-refractivity contribution in [3.63, 3.8) is 0 Å². The summed E-state index contributed by atoms with van der Waals surface area (Å²) in [7, 11) is 1.70. The number of anilines is 3. The molecule has 1 saturated heterocycles. The molecule has 0 saturated carbocycles. The summed E-state index contributed by atoms with van der Waals surface area (Å²) < 4.78 is 5.66. The third-order valence-electron chi connectivity index (χ3n) is 6.78. The minimum atomic E-state index is 0.546. The number of rotatable bonds is 5. The molecule has 4 aromatic rings. The van der Waals surface area contributed by atoms with Crippen LogP contribution >= 0.6 is 0 Å². The number of piperazine rings is 1. The summed E-state index contributed by atoms with van der Waals surface area (Å²) in [6.45, 7) is 5.83. The summed E-state index contributed by atoms with van der Waals surface area (Å²) in [5.74, 6) is 1.35. The second kappa shape index (κ2) is 9.48. The second-order valence-corrected chi connectivity index (χ2v) is 9.01. The van der Waals surface area contributed by atoms with Crippen molar-refractivity contribution in [3.05, 3.63) is 66.1 Å². The molecule has 4 heterocycles. The number of methoxy groups -OCH3 is 1. The smallest absolute Gasteiger partial charge is 0.227 e. The summed E-state index contributed by atoms with van der Waals surface area (Å²) in [4.78, 5) is 16.3. The van der Waals surface area contributed by atoms with Gasteiger partial charge in [0.1, 0.15) is 5.75 Å². The van der Waals surface area contributed by atoms with Gasteiger partial charge in [0.2, 0.25) is 5.95 Å². The first-order chi connectivity index (χ1) is 17.3. The second-order valence-electron chi connectivity index (χ2n) is 9.01. The van der Waals surface area contributed by atoms with Crippen molar-refractivity contribution in [2.75, 3.05) is 50.1 Å². The minimum absolute atomic E-state index is 0.546. The van der Waals surface area contributed by atoms with Crippen molar-refractivity contribution in [2.45, 2.75) is 13.0 Å². The Morgan fingerprint density at radius 2 is 1.83 bits per heavy atom. The molecule has 2 aromatic carbocycles. The molecule has 1 fully saturated rings. The number of aromatic nitrogens is 3. The predicted molar refractivity (Wildman–Crippen MR) is 140 cm³/mol. The number of pyridine rings is 1. The Morgan fingerprint density at radius 3 is 2.71 bits per heavy atom. The maximum Gasteiger partial charge on any atom is 0.227 e. The first-order valence-electron chi connectivity index (χ1n) is 12.1. The highest BCUT2D eigenvalue weighted by molar-refractivity contribution is 5.85. The molecule has 0 radical (unpaired) electrons. The normalized spacial score (nSPS) is 15.6. The van der Waals surface area contributed by atoms with E-state index in [2.05, 4.69) is 67.2 Å². The van der Waals surface area contributed by atoms with Gasteiger partial charge in [0.25, 0.3) is 0 Å². The van der Waals surface area contributed by atoms with Crippen LogP contribution < -0.4 is 25.6 Å². The molecule has 8 heteroatoms. The fourth-order valence-corrected chi connectivity index (χ4v) is 4.84. The summed E-state index contributed by atoms with van der Waals surface area (Å²) in [5, 5.41) is 11.2. The number of nitrogens with one attached hydrogen (secondary N) is 3. The Kier molecular flexibility index (Phi) is 5.89. The molecule has 0 unspecified atom stereocenters. The van der Waals surface area contributed by atoms with E-state index in [0.29, 0.717) is 5.95 Å². The minimum Gasteiger partial charge on any atom is -0.495 e. The molecule has 2 aromatic heterocycles. The summed E-state index contributed by atoms with van der Waals surface area (Å²) >= 11 is 0. The highest BCUT2D eigenvalue weighted by atomic mass is 16.5. The van der Waals surface area contributed by atoms with E-state index in [1.807, 2.05) is 18.6 Å². The van der Waals surface area contributed by atoms with E-state index in [1.165, 1.54) is 11.1 Å². The van der Waals surface area contributed by atoms with Crippen molar-refractivity contribution >= 4 is 28.2 Å². The van der Waals surface area contributed by atoms with Crippen molar-refractivity contribution in [1.82, 2.24) is 25.6 Å². The lowest BCUT2D eigenvalue weighted by molar-refractivity contribution is 0.415. The molecule has 8 nitrogen and oxygen atoms in total. The molecule has 0 amide bonds. The monoisotopic (exact) mass is 467 g/mol. The first kappa shape index (κ1) is 21.8. The molecule has 0 bridgehead atoms. The first-order valence-corrected chi connectivity index (χ1v) is 12.1. The average Bonchev–Trinajstić information content (AvgIpc) is 2.93. The number of nitrogens with zero attached hydrogens (tertiary/aromatic N) is 4. The SMILES string of the molecule is COc1cc2c(cc1Nc1ncc3ccc(-c4cncc(N5CCNCC5)c4)cc3n1)CNCC2. The Hall–Kier alpha value is -3.75. The third-order valence-corrected chi connectivity index (χ3v) is 6.78. The van der Waals surface area contributed by atoms with Crippen LogP contribution in [0.3, 0.4) is 0 Å². The number of fused-ring (bicyclic) bond motifs is 2. The van der Waals surface area contributed by atoms with Crippen LogP contribution in [0, 0.1) is 0 Å². The number of hydrogen-bond donors (Lipinski definition) is 3. The fourth-order valence-electron chi connectivity index (χ4n) is 4.84. The van der Waals surface area contributed by atoms with Crippen molar-refractivity contribution in [2.24, 2.45) is 0 Å². The molecule has 6 rings (SSSR count). The lowest BCUT2D eigenvalue weighted by Gasteiger charge is -2.29. The van der Waals surface area contributed by atoms with Crippen LogP contribution in [0.1, 0.15) is 11.1 Å². The quantitative estimate of drug-likeness (QED) is 0.411. The van der Waals surface area contributed by atoms with Crippen LogP contribution in [-0.4, -0.2) is 54.8 Å². The van der Waals surface area contributed by atoms with Gasteiger partial charge in [0.05, 0.1) is 30.2 Å². The fraction of sp³-hybridized carbons (Fsp3) is 0.296. The Labute approximate surface area is 204 Å². The molecule has 3 N–H and O–H groups in total. The van der Waals surface area contributed by atoms with Gasteiger partial charge < -0.3 is 25.6 Å². The van der Waals surface area contributed by atoms with Crippen LogP contribution in [0.4, 0.5) is 17.3 Å². The van der Waals surface area contributed by atoms with Gasteiger partial charge in [-0.15, -0.1) is 0 Å². The molecule has 0 spiro atoms. The van der Waals surface area contributed by atoms with Gasteiger partial charge in [0.15, 0.2) is 0 Å². The van der Waals surface area contributed by atoms with Gasteiger partial charge in [-0.2, -0.15) is 0 Å². The molecular weight excluding hydrogens is 438 g/mol. The maximum absolute atomic E-state index is 5.66. The summed E-state index contributed by atoms with van der Waals surface area (Å²) in [5.41, 5.74) is 7.68. The van der Waals surface area contributed by atoms with Crippen molar-refractivity contribution in [1.29, 1.82) is 0 Å². The highest BCUT2D eigenvalue weighted by Crippen LogP contribution is 2.32. The summed E-state index contributed by atoms with van der Waals surface area (Å²) in [6.07, 6.45) is 6.73. The van der Waals surface area contributed by atoms with E-state index in [4.69, 9.17) is 9.72 Å². The Bertz CT molecular complexity index is 1370. The van der Waals surface area contributed by atoms with Crippen LogP contribution in [0.25, 0.3) is 22.0 Å². The zero-order valence-corrected chi connectivity index (χ0v) is 19.8. The van der Waals surface area contributed by atoms with Gasteiger partial charge in [-0.3, -0.25) is 4.98 Å². The molecular formula is C27H29N7O. The molecule has 2 aliphatic rings. The lowest BCUT2D eigenvalue weighted by Crippen LogP contribution is -2.43. The van der Waals surface area contributed by atoms with E-state index in [9.17, 15) is 0 Å². The third kappa shape index (κ3) is 4.50. The largest absolute Gasteiger partial charge is 0.495 e. The zero-order chi connectivity index (χ0) is 23.6. The van der Waals surface area contributed by atoms with Crippen molar-refractivity contribution in [3.8, 4) is 16.9 Å².